The summed E-state index contributed by atoms with van der Waals surface area (Å²) >= 11 is 0. The van der Waals surface area contributed by atoms with Crippen LogP contribution in [0.5, 0.6) is 0 Å². The molecular formula is C12H16BNO4. The molecule has 18 heavy (non-hydrogen) atoms. The van der Waals surface area contributed by atoms with E-state index in [2.05, 4.69) is 4.98 Å². The number of hydrogen-bond acceptors (Lipinski definition) is 4. The fourth-order valence-electron chi connectivity index (χ4n) is 1.75. The maximum absolute atomic E-state index is 11.5. The Labute approximate surface area is 106 Å². The Morgan fingerprint density at radius 3 is 2.22 bits per heavy atom. The zero-order valence-corrected chi connectivity index (χ0v) is 10.9. The van der Waals surface area contributed by atoms with E-state index in [0.717, 1.165) is 0 Å². The highest BCUT2D eigenvalue weighted by Gasteiger charge is 2.52. The Hall–Kier alpha value is -1.40. The van der Waals surface area contributed by atoms with Gasteiger partial charge < -0.3 is 14.3 Å². The summed E-state index contributed by atoms with van der Waals surface area (Å²) in [4.78, 5) is 25.0. The van der Waals surface area contributed by atoms with Gasteiger partial charge in [-0.05, 0) is 27.7 Å². The smallest absolute Gasteiger partial charge is 0.398 e. The summed E-state index contributed by atoms with van der Waals surface area (Å²) in [5.74, 6) is 0. The van der Waals surface area contributed by atoms with Gasteiger partial charge in [0.2, 0.25) is 0 Å². The topological polar surface area (TPSA) is 68.4 Å². The molecule has 1 aromatic heterocycles. The number of pyridine rings is 1. The van der Waals surface area contributed by atoms with Crippen molar-refractivity contribution in [2.24, 2.45) is 0 Å². The number of aldehydes is 1. The van der Waals surface area contributed by atoms with E-state index in [0.29, 0.717) is 11.9 Å². The van der Waals surface area contributed by atoms with Gasteiger partial charge in [-0.25, -0.2) is 0 Å². The molecular weight excluding hydrogens is 233 g/mol. The van der Waals surface area contributed by atoms with E-state index in [4.69, 9.17) is 9.31 Å². The molecule has 0 bridgehead atoms. The van der Waals surface area contributed by atoms with Crippen LogP contribution in [0.4, 0.5) is 0 Å². The van der Waals surface area contributed by atoms with Crippen molar-refractivity contribution < 1.29 is 14.1 Å². The standard InChI is InChI=1S/C12H16BNO4/c1-11(2)12(3,4)18-13(17-11)10-6-9(16)5-8(7-15)14-10/h5-7H,1-4H3,(H,14,16). The van der Waals surface area contributed by atoms with Crippen molar-refractivity contribution in [3.05, 3.63) is 28.0 Å². The zero-order valence-electron chi connectivity index (χ0n) is 10.9. The summed E-state index contributed by atoms with van der Waals surface area (Å²) in [7, 11) is -0.664. The monoisotopic (exact) mass is 249 g/mol. The molecule has 0 atom stereocenters. The second-order valence-electron chi connectivity index (χ2n) is 5.43. The average molecular weight is 249 g/mol. The SMILES string of the molecule is CC1(C)OB(c2cc(=O)cc(C=O)[nH]2)OC1(C)C. The fraction of sp³-hybridized carbons (Fsp3) is 0.500. The molecule has 96 valence electrons. The highest BCUT2D eigenvalue weighted by Crippen LogP contribution is 2.36. The average Bonchev–Trinajstić information content (AvgIpc) is 2.47. The number of aromatic nitrogens is 1. The summed E-state index contributed by atoms with van der Waals surface area (Å²) in [5, 5.41) is 0. The molecule has 0 aromatic carbocycles. The van der Waals surface area contributed by atoms with Crippen molar-refractivity contribution in [1.82, 2.24) is 4.98 Å². The van der Waals surface area contributed by atoms with Gasteiger partial charge in [-0.2, -0.15) is 0 Å². The van der Waals surface area contributed by atoms with E-state index >= 15 is 0 Å². The first-order valence-corrected chi connectivity index (χ1v) is 5.80. The van der Waals surface area contributed by atoms with Gasteiger partial charge >= 0.3 is 7.12 Å². The molecule has 6 heteroatoms. The first-order chi connectivity index (χ1) is 8.25. The van der Waals surface area contributed by atoms with Crippen molar-refractivity contribution in [3.8, 4) is 0 Å². The lowest BCUT2D eigenvalue weighted by atomic mass is 9.84. The molecule has 1 N–H and O–H groups in total. The Morgan fingerprint density at radius 2 is 1.72 bits per heavy atom. The molecule has 0 amide bonds. The first-order valence-electron chi connectivity index (χ1n) is 5.80. The Kier molecular flexibility index (Phi) is 2.95. The molecule has 1 aliphatic rings. The maximum atomic E-state index is 11.5. The van der Waals surface area contributed by atoms with E-state index < -0.39 is 18.3 Å². The third-order valence-electron chi connectivity index (χ3n) is 3.52. The number of aromatic amines is 1. The van der Waals surface area contributed by atoms with Crippen molar-refractivity contribution >= 4 is 19.0 Å². The van der Waals surface area contributed by atoms with Crippen molar-refractivity contribution in [2.45, 2.75) is 38.9 Å². The fourth-order valence-corrected chi connectivity index (χ4v) is 1.75. The largest absolute Gasteiger partial charge is 0.512 e. The van der Waals surface area contributed by atoms with E-state index in [1.54, 1.807) is 0 Å². The van der Waals surface area contributed by atoms with E-state index in [-0.39, 0.29) is 11.1 Å². The molecule has 0 radical (unpaired) electrons. The number of carbonyl (C=O) groups excluding carboxylic acids is 1. The lowest BCUT2D eigenvalue weighted by molar-refractivity contribution is 0.00578. The van der Waals surface area contributed by atoms with Gasteiger partial charge in [-0.15, -0.1) is 0 Å². The minimum atomic E-state index is -0.664. The maximum Gasteiger partial charge on any atom is 0.512 e. The van der Waals surface area contributed by atoms with Gasteiger partial charge in [-0.1, -0.05) is 0 Å². The van der Waals surface area contributed by atoms with Crippen LogP contribution in [0.25, 0.3) is 0 Å². The van der Waals surface area contributed by atoms with Gasteiger partial charge in [0, 0.05) is 17.7 Å². The predicted molar refractivity (Wildman–Crippen MR) is 68.2 cm³/mol. The van der Waals surface area contributed by atoms with E-state index in [1.807, 2.05) is 27.7 Å². The number of carbonyl (C=O) groups is 1. The van der Waals surface area contributed by atoms with Crippen molar-refractivity contribution in [1.29, 1.82) is 0 Å². The molecule has 1 fully saturated rings. The number of H-pyrrole nitrogens is 1. The minimum Gasteiger partial charge on any atom is -0.398 e. The summed E-state index contributed by atoms with van der Waals surface area (Å²) in [6, 6.07) is 2.62. The second-order valence-corrected chi connectivity index (χ2v) is 5.43. The second kappa shape index (κ2) is 4.07. The number of nitrogens with one attached hydrogen (secondary N) is 1. The molecule has 1 aliphatic heterocycles. The zero-order chi connectivity index (χ0) is 13.6. The Balaban J connectivity index is 2.38. The normalized spacial score (nSPS) is 21.0. The highest BCUT2D eigenvalue weighted by atomic mass is 16.7. The third-order valence-corrected chi connectivity index (χ3v) is 3.52. The van der Waals surface area contributed by atoms with E-state index in [9.17, 15) is 9.59 Å². The van der Waals surface area contributed by atoms with Gasteiger partial charge in [0.1, 0.15) is 0 Å². The van der Waals surface area contributed by atoms with Gasteiger partial charge in [0.05, 0.1) is 16.9 Å². The molecule has 2 heterocycles. The minimum absolute atomic E-state index is 0.215. The molecule has 2 rings (SSSR count). The first kappa shape index (κ1) is 13.0. The van der Waals surface area contributed by atoms with Crippen LogP contribution in [-0.2, 0) is 9.31 Å². The summed E-state index contributed by atoms with van der Waals surface area (Å²) in [6.45, 7) is 7.70. The Bertz CT molecular complexity index is 519. The third kappa shape index (κ3) is 2.13. The van der Waals surface area contributed by atoms with Crippen LogP contribution in [0.3, 0.4) is 0 Å². The quantitative estimate of drug-likeness (QED) is 0.611. The molecule has 0 saturated carbocycles. The lowest BCUT2D eigenvalue weighted by Gasteiger charge is -2.32. The molecule has 5 nitrogen and oxygen atoms in total. The van der Waals surface area contributed by atoms with Crippen LogP contribution < -0.4 is 11.0 Å². The summed E-state index contributed by atoms with van der Waals surface area (Å²) < 4.78 is 11.6. The van der Waals surface area contributed by atoms with Crippen LogP contribution in [0.15, 0.2) is 16.9 Å². The lowest BCUT2D eigenvalue weighted by Crippen LogP contribution is -2.41. The van der Waals surface area contributed by atoms with Crippen LogP contribution in [0, 0.1) is 0 Å². The number of hydrogen-bond donors (Lipinski definition) is 1. The van der Waals surface area contributed by atoms with Gasteiger partial charge in [0.25, 0.3) is 0 Å². The van der Waals surface area contributed by atoms with Crippen LogP contribution >= 0.6 is 0 Å². The van der Waals surface area contributed by atoms with Crippen molar-refractivity contribution in [3.63, 3.8) is 0 Å². The molecule has 0 aliphatic carbocycles. The molecule has 1 aromatic rings. The Morgan fingerprint density at radius 1 is 1.17 bits per heavy atom. The molecule has 0 unspecified atom stereocenters. The summed E-state index contributed by atoms with van der Waals surface area (Å²) in [6.07, 6.45) is 0.593. The predicted octanol–water partition coefficient (Wildman–Crippen LogP) is 0.487. The van der Waals surface area contributed by atoms with Gasteiger partial charge in [0.15, 0.2) is 11.7 Å². The van der Waals surface area contributed by atoms with Crippen LogP contribution in [-0.4, -0.2) is 29.6 Å². The van der Waals surface area contributed by atoms with E-state index in [1.165, 1.54) is 12.1 Å². The van der Waals surface area contributed by atoms with Crippen LogP contribution in [0.2, 0.25) is 0 Å². The summed E-state index contributed by atoms with van der Waals surface area (Å²) in [5.41, 5.74) is -0.534. The molecule has 1 saturated heterocycles. The van der Waals surface area contributed by atoms with Crippen LogP contribution in [0.1, 0.15) is 38.2 Å². The van der Waals surface area contributed by atoms with Gasteiger partial charge in [-0.3, -0.25) is 9.59 Å². The highest BCUT2D eigenvalue weighted by molar-refractivity contribution is 6.61. The van der Waals surface area contributed by atoms with Crippen molar-refractivity contribution in [2.75, 3.05) is 0 Å². The number of rotatable bonds is 2. The molecule has 0 spiro atoms.